The maximum absolute atomic E-state index is 12.3. The van der Waals surface area contributed by atoms with E-state index >= 15 is 0 Å². The standard InChI is InChI=1S/C11H17F3N2/c1-8(9-4-2-3-5-9)16-7-10(6-15)11(12,13)14/h8-10,16H,2-5,7H2,1H3/t8-,10?/m0/s1. The first kappa shape index (κ1) is 13.3. The zero-order valence-corrected chi connectivity index (χ0v) is 9.35. The van der Waals surface area contributed by atoms with Crippen LogP contribution >= 0.6 is 0 Å². The van der Waals surface area contributed by atoms with Crippen molar-refractivity contribution in [1.82, 2.24) is 5.32 Å². The summed E-state index contributed by atoms with van der Waals surface area (Å²) in [6.45, 7) is 1.61. The van der Waals surface area contributed by atoms with Gasteiger partial charge in [-0.15, -0.1) is 0 Å². The molecule has 92 valence electrons. The van der Waals surface area contributed by atoms with E-state index in [1.807, 2.05) is 6.92 Å². The summed E-state index contributed by atoms with van der Waals surface area (Å²) in [5.41, 5.74) is 0. The van der Waals surface area contributed by atoms with Crippen LogP contribution in [0.2, 0.25) is 0 Å². The molecule has 0 aliphatic heterocycles. The van der Waals surface area contributed by atoms with Gasteiger partial charge >= 0.3 is 6.18 Å². The summed E-state index contributed by atoms with van der Waals surface area (Å²) < 4.78 is 36.9. The van der Waals surface area contributed by atoms with Crippen LogP contribution < -0.4 is 5.32 Å². The van der Waals surface area contributed by atoms with Gasteiger partial charge in [0.2, 0.25) is 0 Å². The van der Waals surface area contributed by atoms with Gasteiger partial charge in [-0.2, -0.15) is 18.4 Å². The predicted molar refractivity (Wildman–Crippen MR) is 54.6 cm³/mol. The van der Waals surface area contributed by atoms with Gasteiger partial charge in [-0.3, -0.25) is 0 Å². The Balaban J connectivity index is 2.35. The minimum absolute atomic E-state index is 0.0701. The first-order valence-corrected chi connectivity index (χ1v) is 5.65. The summed E-state index contributed by atoms with van der Waals surface area (Å²) in [4.78, 5) is 0. The highest BCUT2D eigenvalue weighted by Crippen LogP contribution is 2.29. The van der Waals surface area contributed by atoms with E-state index in [2.05, 4.69) is 5.32 Å². The second-order valence-electron chi connectivity index (χ2n) is 4.46. The van der Waals surface area contributed by atoms with E-state index in [0.717, 1.165) is 25.7 Å². The minimum atomic E-state index is -4.42. The highest BCUT2D eigenvalue weighted by Gasteiger charge is 2.40. The fraction of sp³-hybridized carbons (Fsp3) is 0.909. The lowest BCUT2D eigenvalue weighted by atomic mass is 9.99. The van der Waals surface area contributed by atoms with Crippen molar-refractivity contribution >= 4 is 0 Å². The van der Waals surface area contributed by atoms with E-state index in [1.165, 1.54) is 6.07 Å². The van der Waals surface area contributed by atoms with Gasteiger partial charge in [-0.05, 0) is 25.7 Å². The molecule has 1 fully saturated rings. The van der Waals surface area contributed by atoms with Crippen LogP contribution in [0, 0.1) is 23.2 Å². The number of hydrogen-bond acceptors (Lipinski definition) is 2. The van der Waals surface area contributed by atoms with E-state index in [0.29, 0.717) is 5.92 Å². The molecule has 2 atom stereocenters. The van der Waals surface area contributed by atoms with Crippen LogP contribution in [-0.2, 0) is 0 Å². The Morgan fingerprint density at radius 1 is 1.38 bits per heavy atom. The lowest BCUT2D eigenvalue weighted by molar-refractivity contribution is -0.158. The SMILES string of the molecule is C[C@H](NCC(C#N)C(F)(F)F)C1CCCC1. The second-order valence-corrected chi connectivity index (χ2v) is 4.46. The molecule has 0 spiro atoms. The molecule has 0 aromatic heterocycles. The Bertz CT molecular complexity index is 251. The second kappa shape index (κ2) is 5.53. The summed E-state index contributed by atoms with van der Waals surface area (Å²) in [5, 5.41) is 11.3. The third-order valence-corrected chi connectivity index (χ3v) is 3.30. The molecular formula is C11H17F3N2. The van der Waals surface area contributed by atoms with E-state index in [4.69, 9.17) is 5.26 Å². The number of hydrogen-bond donors (Lipinski definition) is 1. The van der Waals surface area contributed by atoms with Crippen molar-refractivity contribution in [3.63, 3.8) is 0 Å². The molecule has 1 aliphatic carbocycles. The van der Waals surface area contributed by atoms with Crippen LogP contribution in [0.25, 0.3) is 0 Å². The zero-order valence-electron chi connectivity index (χ0n) is 9.35. The van der Waals surface area contributed by atoms with Gasteiger partial charge in [-0.25, -0.2) is 0 Å². The van der Waals surface area contributed by atoms with E-state index in [9.17, 15) is 13.2 Å². The maximum atomic E-state index is 12.3. The molecule has 1 aliphatic rings. The van der Waals surface area contributed by atoms with Crippen molar-refractivity contribution in [2.24, 2.45) is 11.8 Å². The smallest absolute Gasteiger partial charge is 0.312 e. The van der Waals surface area contributed by atoms with E-state index in [1.54, 1.807) is 0 Å². The van der Waals surface area contributed by atoms with Crippen molar-refractivity contribution in [2.75, 3.05) is 6.54 Å². The Kier molecular flexibility index (Phi) is 4.60. The predicted octanol–water partition coefficient (Wildman–Crippen LogP) is 2.86. The summed E-state index contributed by atoms with van der Waals surface area (Å²) in [5.74, 6) is -1.43. The molecule has 0 aromatic rings. The first-order valence-electron chi connectivity index (χ1n) is 5.65. The molecule has 5 heteroatoms. The largest absolute Gasteiger partial charge is 0.405 e. The maximum Gasteiger partial charge on any atom is 0.405 e. The molecule has 1 unspecified atom stereocenters. The number of nitrogens with one attached hydrogen (secondary N) is 1. The summed E-state index contributed by atoms with van der Waals surface area (Å²) in [7, 11) is 0. The third-order valence-electron chi connectivity index (χ3n) is 3.30. The van der Waals surface area contributed by atoms with Gasteiger partial charge in [0.15, 0.2) is 5.92 Å². The Morgan fingerprint density at radius 2 is 1.94 bits per heavy atom. The Labute approximate surface area is 93.8 Å². The number of halogens is 3. The fourth-order valence-electron chi connectivity index (χ4n) is 2.16. The number of nitriles is 1. The van der Waals surface area contributed by atoms with Crippen LogP contribution in [0.4, 0.5) is 13.2 Å². The van der Waals surface area contributed by atoms with Gasteiger partial charge in [0.1, 0.15) is 0 Å². The molecule has 16 heavy (non-hydrogen) atoms. The highest BCUT2D eigenvalue weighted by molar-refractivity contribution is 4.91. The van der Waals surface area contributed by atoms with Crippen LogP contribution in [0.3, 0.4) is 0 Å². The lowest BCUT2D eigenvalue weighted by Crippen LogP contribution is -2.39. The first-order chi connectivity index (χ1) is 7.45. The summed E-state index contributed by atoms with van der Waals surface area (Å²) >= 11 is 0. The Morgan fingerprint density at radius 3 is 2.38 bits per heavy atom. The van der Waals surface area contributed by atoms with Crippen LogP contribution in [0.15, 0.2) is 0 Å². The fourth-order valence-corrected chi connectivity index (χ4v) is 2.16. The molecule has 0 aromatic carbocycles. The van der Waals surface area contributed by atoms with Crippen molar-refractivity contribution in [3.05, 3.63) is 0 Å². The minimum Gasteiger partial charge on any atom is -0.312 e. The van der Waals surface area contributed by atoms with Crippen molar-refractivity contribution in [1.29, 1.82) is 5.26 Å². The summed E-state index contributed by atoms with van der Waals surface area (Å²) in [6, 6.07) is 1.37. The molecule has 1 saturated carbocycles. The molecule has 0 saturated heterocycles. The molecule has 1 N–H and O–H groups in total. The lowest BCUT2D eigenvalue weighted by Gasteiger charge is -2.22. The van der Waals surface area contributed by atoms with Crippen LogP contribution in [0.5, 0.6) is 0 Å². The quantitative estimate of drug-likeness (QED) is 0.811. The number of rotatable bonds is 4. The van der Waals surface area contributed by atoms with Gasteiger partial charge in [0.25, 0.3) is 0 Å². The van der Waals surface area contributed by atoms with Gasteiger partial charge in [0.05, 0.1) is 6.07 Å². The van der Waals surface area contributed by atoms with Crippen molar-refractivity contribution in [2.45, 2.75) is 44.8 Å². The Hall–Kier alpha value is -0.760. The normalized spacial score (nSPS) is 21.7. The number of nitrogens with zero attached hydrogens (tertiary/aromatic N) is 1. The van der Waals surface area contributed by atoms with Gasteiger partial charge in [-0.1, -0.05) is 12.8 Å². The molecular weight excluding hydrogens is 217 g/mol. The zero-order chi connectivity index (χ0) is 12.2. The van der Waals surface area contributed by atoms with E-state index < -0.39 is 12.1 Å². The molecule has 2 nitrogen and oxygen atoms in total. The molecule has 0 amide bonds. The van der Waals surface area contributed by atoms with Gasteiger partial charge < -0.3 is 5.32 Å². The average Bonchev–Trinajstić information content (AvgIpc) is 2.68. The third kappa shape index (κ3) is 3.67. The van der Waals surface area contributed by atoms with Crippen molar-refractivity contribution < 1.29 is 13.2 Å². The van der Waals surface area contributed by atoms with Gasteiger partial charge in [0, 0.05) is 12.6 Å². The van der Waals surface area contributed by atoms with Crippen LogP contribution in [0.1, 0.15) is 32.6 Å². The van der Waals surface area contributed by atoms with Crippen LogP contribution in [-0.4, -0.2) is 18.8 Å². The molecule has 0 radical (unpaired) electrons. The monoisotopic (exact) mass is 234 g/mol. The molecule has 1 rings (SSSR count). The molecule has 0 heterocycles. The summed E-state index contributed by atoms with van der Waals surface area (Å²) in [6.07, 6.45) is 0.0707. The van der Waals surface area contributed by atoms with Crippen molar-refractivity contribution in [3.8, 4) is 6.07 Å². The topological polar surface area (TPSA) is 35.8 Å². The average molecular weight is 234 g/mol. The number of alkyl halides is 3. The van der Waals surface area contributed by atoms with E-state index in [-0.39, 0.29) is 12.6 Å². The molecule has 0 bridgehead atoms. The highest BCUT2D eigenvalue weighted by atomic mass is 19.4.